The van der Waals surface area contributed by atoms with E-state index in [1.165, 1.54) is 0 Å². The van der Waals surface area contributed by atoms with Gasteiger partial charge in [0.25, 0.3) is 0 Å². The van der Waals surface area contributed by atoms with Gasteiger partial charge in [-0.2, -0.15) is 0 Å². The summed E-state index contributed by atoms with van der Waals surface area (Å²) in [7, 11) is 1.90. The Hall–Kier alpha value is -1.55. The Morgan fingerprint density at radius 2 is 2.44 bits per heavy atom. The molecule has 0 aliphatic carbocycles. The Morgan fingerprint density at radius 1 is 1.62 bits per heavy atom. The molecule has 1 aromatic carbocycles. The number of para-hydroxylation sites is 1. The number of aromatic carboxylic acids is 1. The van der Waals surface area contributed by atoms with E-state index in [2.05, 4.69) is 5.32 Å². The molecule has 1 atom stereocenters. The molecule has 4 nitrogen and oxygen atoms in total. The number of ether oxygens (including phenoxy) is 1. The molecule has 0 saturated carbocycles. The molecular weight excluding hydrogens is 206 g/mol. The molecule has 2 rings (SSSR count). The van der Waals surface area contributed by atoms with Crippen LogP contribution in [-0.4, -0.2) is 31.3 Å². The van der Waals surface area contributed by atoms with Crippen molar-refractivity contribution in [3.63, 3.8) is 0 Å². The SMILES string of the molecule is CNCC1CCOc2c(C(=O)O)cccc21. The van der Waals surface area contributed by atoms with E-state index in [9.17, 15) is 4.79 Å². The van der Waals surface area contributed by atoms with Gasteiger partial charge in [0.1, 0.15) is 11.3 Å². The number of rotatable bonds is 3. The third-order valence-electron chi connectivity index (χ3n) is 2.88. The second kappa shape index (κ2) is 4.53. The Balaban J connectivity index is 2.42. The first-order chi connectivity index (χ1) is 7.74. The van der Waals surface area contributed by atoms with Crippen molar-refractivity contribution in [1.29, 1.82) is 0 Å². The fraction of sp³-hybridized carbons (Fsp3) is 0.417. The molecule has 86 valence electrons. The maximum absolute atomic E-state index is 11.0. The minimum Gasteiger partial charge on any atom is -0.492 e. The number of carboxylic acid groups (broad SMARTS) is 1. The van der Waals surface area contributed by atoms with E-state index >= 15 is 0 Å². The summed E-state index contributed by atoms with van der Waals surface area (Å²) < 4.78 is 5.48. The maximum atomic E-state index is 11.0. The molecule has 0 spiro atoms. The van der Waals surface area contributed by atoms with Gasteiger partial charge < -0.3 is 15.2 Å². The third kappa shape index (κ3) is 1.88. The zero-order chi connectivity index (χ0) is 11.5. The van der Waals surface area contributed by atoms with Gasteiger partial charge in [0.2, 0.25) is 0 Å². The van der Waals surface area contributed by atoms with Crippen LogP contribution in [0.1, 0.15) is 28.3 Å². The molecule has 1 aromatic rings. The normalized spacial score (nSPS) is 18.7. The number of hydrogen-bond donors (Lipinski definition) is 2. The second-order valence-corrected chi connectivity index (χ2v) is 3.92. The summed E-state index contributed by atoms with van der Waals surface area (Å²) in [5, 5.41) is 12.2. The summed E-state index contributed by atoms with van der Waals surface area (Å²) in [4.78, 5) is 11.0. The van der Waals surface area contributed by atoms with Gasteiger partial charge in [0, 0.05) is 12.5 Å². The molecule has 0 saturated heterocycles. The fourth-order valence-electron chi connectivity index (χ4n) is 2.12. The van der Waals surface area contributed by atoms with Gasteiger partial charge in [0.05, 0.1) is 6.61 Å². The molecule has 4 heteroatoms. The highest BCUT2D eigenvalue weighted by atomic mass is 16.5. The third-order valence-corrected chi connectivity index (χ3v) is 2.88. The van der Waals surface area contributed by atoms with Crippen molar-refractivity contribution >= 4 is 5.97 Å². The van der Waals surface area contributed by atoms with E-state index in [1.807, 2.05) is 13.1 Å². The van der Waals surface area contributed by atoms with Crippen LogP contribution in [0.15, 0.2) is 18.2 Å². The monoisotopic (exact) mass is 221 g/mol. The maximum Gasteiger partial charge on any atom is 0.339 e. The Bertz CT molecular complexity index is 403. The zero-order valence-corrected chi connectivity index (χ0v) is 9.19. The molecule has 1 heterocycles. The van der Waals surface area contributed by atoms with Crippen molar-refractivity contribution < 1.29 is 14.6 Å². The van der Waals surface area contributed by atoms with Gasteiger partial charge in [-0.15, -0.1) is 0 Å². The van der Waals surface area contributed by atoms with Crippen molar-refractivity contribution in [2.45, 2.75) is 12.3 Å². The molecule has 1 aliphatic heterocycles. The van der Waals surface area contributed by atoms with Gasteiger partial charge >= 0.3 is 5.97 Å². The predicted molar refractivity (Wildman–Crippen MR) is 60.2 cm³/mol. The molecule has 1 unspecified atom stereocenters. The van der Waals surface area contributed by atoms with Crippen LogP contribution < -0.4 is 10.1 Å². The number of benzene rings is 1. The fourth-order valence-corrected chi connectivity index (χ4v) is 2.12. The van der Waals surface area contributed by atoms with Gasteiger partial charge in [-0.05, 0) is 25.1 Å². The van der Waals surface area contributed by atoms with Crippen molar-refractivity contribution in [3.05, 3.63) is 29.3 Å². The largest absolute Gasteiger partial charge is 0.492 e. The Labute approximate surface area is 94.2 Å². The minimum atomic E-state index is -0.929. The lowest BCUT2D eigenvalue weighted by Crippen LogP contribution is -2.24. The van der Waals surface area contributed by atoms with E-state index in [0.29, 0.717) is 18.3 Å². The van der Waals surface area contributed by atoms with Crippen LogP contribution in [0.5, 0.6) is 5.75 Å². The molecule has 16 heavy (non-hydrogen) atoms. The first-order valence-corrected chi connectivity index (χ1v) is 5.37. The predicted octanol–water partition coefficient (Wildman–Crippen LogP) is 1.47. The van der Waals surface area contributed by atoms with E-state index < -0.39 is 5.97 Å². The topological polar surface area (TPSA) is 58.6 Å². The highest BCUT2D eigenvalue weighted by molar-refractivity contribution is 5.91. The van der Waals surface area contributed by atoms with E-state index in [0.717, 1.165) is 18.5 Å². The smallest absolute Gasteiger partial charge is 0.339 e. The van der Waals surface area contributed by atoms with Crippen molar-refractivity contribution in [3.8, 4) is 5.75 Å². The molecule has 0 radical (unpaired) electrons. The molecule has 1 aliphatic rings. The molecular formula is C12H15NO3. The lowest BCUT2D eigenvalue weighted by molar-refractivity contribution is 0.0690. The van der Waals surface area contributed by atoms with Crippen LogP contribution in [0.4, 0.5) is 0 Å². The van der Waals surface area contributed by atoms with Gasteiger partial charge in [-0.25, -0.2) is 4.79 Å². The Morgan fingerprint density at radius 3 is 3.12 bits per heavy atom. The van der Waals surface area contributed by atoms with Gasteiger partial charge in [-0.1, -0.05) is 12.1 Å². The summed E-state index contributed by atoms with van der Waals surface area (Å²) in [6.07, 6.45) is 0.927. The van der Waals surface area contributed by atoms with Gasteiger partial charge in [0.15, 0.2) is 0 Å². The lowest BCUT2D eigenvalue weighted by atomic mass is 9.91. The average Bonchev–Trinajstić information content (AvgIpc) is 2.29. The van der Waals surface area contributed by atoms with E-state index in [4.69, 9.17) is 9.84 Å². The number of carboxylic acids is 1. The van der Waals surface area contributed by atoms with Crippen LogP contribution in [0.3, 0.4) is 0 Å². The summed E-state index contributed by atoms with van der Waals surface area (Å²) in [5.74, 6) is -0.0449. The summed E-state index contributed by atoms with van der Waals surface area (Å²) in [5.41, 5.74) is 1.26. The molecule has 0 fully saturated rings. The first kappa shape index (κ1) is 11.0. The van der Waals surface area contributed by atoms with Crippen LogP contribution in [0, 0.1) is 0 Å². The first-order valence-electron chi connectivity index (χ1n) is 5.37. The number of likely N-dealkylation sites (N-methyl/N-ethyl adjacent to an activating group) is 1. The van der Waals surface area contributed by atoms with E-state index in [-0.39, 0.29) is 5.56 Å². The highest BCUT2D eigenvalue weighted by Gasteiger charge is 2.25. The summed E-state index contributed by atoms with van der Waals surface area (Å²) in [6, 6.07) is 5.31. The highest BCUT2D eigenvalue weighted by Crippen LogP contribution is 2.35. The van der Waals surface area contributed by atoms with Crippen molar-refractivity contribution in [2.75, 3.05) is 20.2 Å². The van der Waals surface area contributed by atoms with E-state index in [1.54, 1.807) is 12.1 Å². The van der Waals surface area contributed by atoms with Crippen LogP contribution >= 0.6 is 0 Å². The quantitative estimate of drug-likeness (QED) is 0.811. The minimum absolute atomic E-state index is 0.262. The van der Waals surface area contributed by atoms with Gasteiger partial charge in [-0.3, -0.25) is 0 Å². The number of hydrogen-bond acceptors (Lipinski definition) is 3. The molecule has 0 amide bonds. The number of nitrogens with one attached hydrogen (secondary N) is 1. The lowest BCUT2D eigenvalue weighted by Gasteiger charge is -2.26. The zero-order valence-electron chi connectivity index (χ0n) is 9.19. The van der Waals surface area contributed by atoms with Crippen molar-refractivity contribution in [2.24, 2.45) is 0 Å². The Kier molecular flexibility index (Phi) is 3.10. The molecule has 2 N–H and O–H groups in total. The molecule has 0 bridgehead atoms. The molecule has 0 aromatic heterocycles. The summed E-state index contributed by atoms with van der Waals surface area (Å²) in [6.45, 7) is 1.43. The van der Waals surface area contributed by atoms with Crippen LogP contribution in [-0.2, 0) is 0 Å². The number of fused-ring (bicyclic) bond motifs is 1. The van der Waals surface area contributed by atoms with Crippen LogP contribution in [0.25, 0.3) is 0 Å². The second-order valence-electron chi connectivity index (χ2n) is 3.92. The van der Waals surface area contributed by atoms with Crippen molar-refractivity contribution in [1.82, 2.24) is 5.32 Å². The number of carbonyl (C=O) groups is 1. The summed E-state index contributed by atoms with van der Waals surface area (Å²) >= 11 is 0. The standard InChI is InChI=1S/C12H15NO3/c1-13-7-8-5-6-16-11-9(8)3-2-4-10(11)12(14)15/h2-4,8,13H,5-7H2,1H3,(H,14,15). The average molecular weight is 221 g/mol. The van der Waals surface area contributed by atoms with Crippen LogP contribution in [0.2, 0.25) is 0 Å².